The van der Waals surface area contributed by atoms with Crippen LogP contribution >= 0.6 is 24.0 Å². The molecule has 1 aliphatic heterocycles. The maximum absolute atomic E-state index is 12.6. The zero-order chi connectivity index (χ0) is 21.0. The largest absolute Gasteiger partial charge is 0.416 e. The van der Waals surface area contributed by atoms with Crippen molar-refractivity contribution >= 4 is 39.8 Å². The standard InChI is InChI=1S/C19H24F3N3O2S.HI/c1-4-23-17(25-12-13-28(26,27)18(2,3)14-25)24-11-5-6-15-7-9-16(10-8-15)19(20,21)22;/h7-10H,4,11-14H2,1-3H3,(H,23,24);1H. The lowest BCUT2D eigenvalue weighted by Gasteiger charge is -2.39. The van der Waals surface area contributed by atoms with Crippen molar-refractivity contribution in [2.75, 3.05) is 31.9 Å². The molecule has 5 nitrogen and oxygen atoms in total. The molecule has 29 heavy (non-hydrogen) atoms. The monoisotopic (exact) mass is 543 g/mol. The molecule has 0 aromatic heterocycles. The molecule has 1 aromatic rings. The Labute approximate surface area is 187 Å². The normalized spacial score (nSPS) is 18.3. The van der Waals surface area contributed by atoms with Gasteiger partial charge in [0, 0.05) is 25.2 Å². The average Bonchev–Trinajstić information content (AvgIpc) is 2.60. The Morgan fingerprint density at radius 2 is 1.90 bits per heavy atom. The Balaban J connectivity index is 0.00000420. The Bertz CT molecular complexity index is 886. The second-order valence-electron chi connectivity index (χ2n) is 7.05. The quantitative estimate of drug-likeness (QED) is 0.270. The van der Waals surface area contributed by atoms with E-state index >= 15 is 0 Å². The number of aliphatic imine (C=N–C) groups is 1. The highest BCUT2D eigenvalue weighted by Gasteiger charge is 2.40. The number of hydrogen-bond donors (Lipinski definition) is 1. The molecule has 2 rings (SSSR count). The third kappa shape index (κ3) is 6.77. The molecule has 0 spiro atoms. The van der Waals surface area contributed by atoms with Gasteiger partial charge in [0.2, 0.25) is 0 Å². The van der Waals surface area contributed by atoms with Gasteiger partial charge in [0.05, 0.1) is 16.1 Å². The topological polar surface area (TPSA) is 61.8 Å². The minimum absolute atomic E-state index is 0. The minimum atomic E-state index is -4.37. The van der Waals surface area contributed by atoms with Crippen molar-refractivity contribution in [1.82, 2.24) is 10.2 Å². The van der Waals surface area contributed by atoms with Crippen molar-refractivity contribution in [3.8, 4) is 11.8 Å². The summed E-state index contributed by atoms with van der Waals surface area (Å²) >= 11 is 0. The number of alkyl halides is 3. The Morgan fingerprint density at radius 3 is 2.41 bits per heavy atom. The summed E-state index contributed by atoms with van der Waals surface area (Å²) in [6.45, 7) is 6.75. The van der Waals surface area contributed by atoms with Gasteiger partial charge < -0.3 is 10.2 Å². The summed E-state index contributed by atoms with van der Waals surface area (Å²) < 4.78 is 61.1. The van der Waals surface area contributed by atoms with Gasteiger partial charge in [-0.15, -0.1) is 24.0 Å². The smallest absolute Gasteiger partial charge is 0.356 e. The molecule has 1 fully saturated rings. The minimum Gasteiger partial charge on any atom is -0.356 e. The molecule has 0 unspecified atom stereocenters. The Kier molecular flexibility index (Phi) is 8.83. The maximum atomic E-state index is 12.6. The fourth-order valence-corrected chi connectivity index (χ4v) is 4.11. The van der Waals surface area contributed by atoms with E-state index < -0.39 is 26.3 Å². The highest BCUT2D eigenvalue weighted by atomic mass is 127. The summed E-state index contributed by atoms with van der Waals surface area (Å²) in [5.74, 6) is 6.24. The Morgan fingerprint density at radius 1 is 1.28 bits per heavy atom. The highest BCUT2D eigenvalue weighted by Crippen LogP contribution is 2.29. The van der Waals surface area contributed by atoms with Crippen LogP contribution in [-0.4, -0.2) is 56.0 Å². The van der Waals surface area contributed by atoms with Gasteiger partial charge in [-0.3, -0.25) is 0 Å². The number of nitrogens with zero attached hydrogens (tertiary/aromatic N) is 2. The molecule has 0 radical (unpaired) electrons. The summed E-state index contributed by atoms with van der Waals surface area (Å²) in [6.07, 6.45) is -4.37. The van der Waals surface area contributed by atoms with Gasteiger partial charge in [0.1, 0.15) is 6.54 Å². The van der Waals surface area contributed by atoms with Crippen molar-refractivity contribution in [3.63, 3.8) is 0 Å². The summed E-state index contributed by atoms with van der Waals surface area (Å²) in [5.41, 5.74) is -0.244. The van der Waals surface area contributed by atoms with Crippen molar-refractivity contribution in [2.24, 2.45) is 4.99 Å². The van der Waals surface area contributed by atoms with Crippen molar-refractivity contribution in [1.29, 1.82) is 0 Å². The zero-order valence-electron chi connectivity index (χ0n) is 16.5. The zero-order valence-corrected chi connectivity index (χ0v) is 19.7. The second kappa shape index (κ2) is 10.0. The lowest BCUT2D eigenvalue weighted by molar-refractivity contribution is -0.137. The molecule has 0 saturated carbocycles. The van der Waals surface area contributed by atoms with Crippen LogP contribution in [0.25, 0.3) is 0 Å². The van der Waals surface area contributed by atoms with Crippen LogP contribution in [0, 0.1) is 11.8 Å². The maximum Gasteiger partial charge on any atom is 0.416 e. The van der Waals surface area contributed by atoms with Crippen LogP contribution in [0.2, 0.25) is 0 Å². The molecular weight excluding hydrogens is 518 g/mol. The van der Waals surface area contributed by atoms with Gasteiger partial charge in [-0.25, -0.2) is 13.4 Å². The first kappa shape index (κ1) is 25.6. The molecular formula is C19H25F3IN3O2S. The molecule has 1 aliphatic rings. The number of nitrogens with one attached hydrogen (secondary N) is 1. The van der Waals surface area contributed by atoms with Gasteiger partial charge in [0.15, 0.2) is 15.8 Å². The van der Waals surface area contributed by atoms with Crippen LogP contribution in [0.1, 0.15) is 31.9 Å². The van der Waals surface area contributed by atoms with Crippen molar-refractivity contribution in [2.45, 2.75) is 31.7 Å². The summed E-state index contributed by atoms with van der Waals surface area (Å²) in [4.78, 5) is 6.30. The van der Waals surface area contributed by atoms with Gasteiger partial charge in [0.25, 0.3) is 0 Å². The van der Waals surface area contributed by atoms with Crippen LogP contribution in [0.15, 0.2) is 29.3 Å². The van der Waals surface area contributed by atoms with E-state index in [2.05, 4.69) is 22.2 Å². The van der Waals surface area contributed by atoms with Gasteiger partial charge >= 0.3 is 6.18 Å². The third-order valence-corrected chi connectivity index (χ3v) is 6.96. The van der Waals surface area contributed by atoms with E-state index in [1.54, 1.807) is 13.8 Å². The van der Waals surface area contributed by atoms with E-state index in [4.69, 9.17) is 0 Å². The summed E-state index contributed by atoms with van der Waals surface area (Å²) in [5, 5.41) is 3.13. The van der Waals surface area contributed by atoms with Crippen LogP contribution in [0.4, 0.5) is 13.2 Å². The number of halogens is 4. The molecule has 162 valence electrons. The van der Waals surface area contributed by atoms with E-state index in [9.17, 15) is 21.6 Å². The van der Waals surface area contributed by atoms with E-state index in [-0.39, 0.29) is 36.3 Å². The fourth-order valence-electron chi connectivity index (χ4n) is 2.75. The van der Waals surface area contributed by atoms with Gasteiger partial charge in [-0.05, 0) is 45.0 Å². The van der Waals surface area contributed by atoms with Crippen molar-refractivity contribution < 1.29 is 21.6 Å². The lowest BCUT2D eigenvalue weighted by atomic mass is 10.1. The van der Waals surface area contributed by atoms with E-state index in [0.29, 0.717) is 31.2 Å². The highest BCUT2D eigenvalue weighted by molar-refractivity contribution is 14.0. The van der Waals surface area contributed by atoms with Crippen LogP contribution in [0.5, 0.6) is 0 Å². The number of guanidine groups is 1. The lowest BCUT2D eigenvalue weighted by Crippen LogP contribution is -2.57. The fraction of sp³-hybridized carbons (Fsp3) is 0.526. The SMILES string of the molecule is CCNC(=NCC#Cc1ccc(C(F)(F)F)cc1)N1CCS(=O)(=O)C(C)(C)C1.I. The van der Waals surface area contributed by atoms with Crippen molar-refractivity contribution in [3.05, 3.63) is 35.4 Å². The number of rotatable bonds is 2. The predicted molar refractivity (Wildman–Crippen MR) is 119 cm³/mol. The molecule has 0 amide bonds. The molecule has 1 saturated heterocycles. The summed E-state index contributed by atoms with van der Waals surface area (Å²) in [6, 6.07) is 4.63. The molecule has 1 aromatic carbocycles. The second-order valence-corrected chi connectivity index (χ2v) is 9.79. The van der Waals surface area contributed by atoms with Crippen LogP contribution < -0.4 is 5.32 Å². The van der Waals surface area contributed by atoms with Crippen LogP contribution in [0.3, 0.4) is 0 Å². The molecule has 0 atom stereocenters. The van der Waals surface area contributed by atoms with Crippen LogP contribution in [-0.2, 0) is 16.0 Å². The van der Waals surface area contributed by atoms with Gasteiger partial charge in [-0.1, -0.05) is 11.8 Å². The van der Waals surface area contributed by atoms with E-state index in [1.165, 1.54) is 12.1 Å². The van der Waals surface area contributed by atoms with E-state index in [1.807, 2.05) is 11.8 Å². The first-order valence-electron chi connectivity index (χ1n) is 8.88. The molecule has 1 heterocycles. The molecule has 10 heteroatoms. The third-order valence-electron chi connectivity index (χ3n) is 4.43. The number of benzene rings is 1. The average molecular weight is 543 g/mol. The predicted octanol–water partition coefficient (Wildman–Crippen LogP) is 3.15. The van der Waals surface area contributed by atoms with E-state index in [0.717, 1.165) is 12.1 Å². The number of sulfone groups is 1. The van der Waals surface area contributed by atoms with Gasteiger partial charge in [-0.2, -0.15) is 13.2 Å². The molecule has 0 aliphatic carbocycles. The summed E-state index contributed by atoms with van der Waals surface area (Å²) in [7, 11) is -3.15. The molecule has 0 bridgehead atoms. The first-order valence-corrected chi connectivity index (χ1v) is 10.5. The Hall–Kier alpha value is -1.48. The molecule has 1 N–H and O–H groups in total. The number of hydrogen-bond acceptors (Lipinski definition) is 3. The first-order chi connectivity index (χ1) is 13.0.